The highest BCUT2D eigenvalue weighted by atomic mass is 19.2. The summed E-state index contributed by atoms with van der Waals surface area (Å²) >= 11 is 0. The van der Waals surface area contributed by atoms with Crippen molar-refractivity contribution >= 4 is 11.9 Å². The molecule has 1 fully saturated rings. The van der Waals surface area contributed by atoms with Crippen molar-refractivity contribution in [1.82, 2.24) is 4.90 Å². The Balaban J connectivity index is 2.35. The van der Waals surface area contributed by atoms with Crippen molar-refractivity contribution in [3.63, 3.8) is 0 Å². The van der Waals surface area contributed by atoms with Crippen LogP contribution in [0.5, 0.6) is 0 Å². The third kappa shape index (κ3) is 3.86. The summed E-state index contributed by atoms with van der Waals surface area (Å²) in [6.07, 6.45) is 0.345. The van der Waals surface area contributed by atoms with Gasteiger partial charge in [-0.25, -0.2) is 13.6 Å². The second-order valence-corrected chi connectivity index (χ2v) is 6.78. The Hall–Kier alpha value is -1.98. The first kappa shape index (κ1) is 17.4. The molecule has 126 valence electrons. The van der Waals surface area contributed by atoms with E-state index in [2.05, 4.69) is 0 Å². The highest BCUT2D eigenvalue weighted by Gasteiger charge is 2.42. The predicted octanol–water partition coefficient (Wildman–Crippen LogP) is 3.99. The molecule has 1 heterocycles. The lowest BCUT2D eigenvalue weighted by Gasteiger charge is -2.32. The van der Waals surface area contributed by atoms with Crippen LogP contribution in [0.2, 0.25) is 0 Å². The van der Waals surface area contributed by atoms with Gasteiger partial charge in [0.05, 0.1) is 12.1 Å². The van der Waals surface area contributed by atoms with Crippen LogP contribution in [-0.4, -0.2) is 28.4 Å². The molecule has 0 N–H and O–H groups in total. The van der Waals surface area contributed by atoms with Crippen LogP contribution < -0.4 is 0 Å². The zero-order valence-corrected chi connectivity index (χ0v) is 13.7. The molecular formula is C17H21F2NO3. The van der Waals surface area contributed by atoms with E-state index in [4.69, 9.17) is 4.74 Å². The molecule has 0 bridgehead atoms. The molecular weight excluding hydrogens is 304 g/mol. The summed E-state index contributed by atoms with van der Waals surface area (Å²) < 4.78 is 32.0. The van der Waals surface area contributed by atoms with Gasteiger partial charge in [0.25, 0.3) is 0 Å². The van der Waals surface area contributed by atoms with Gasteiger partial charge in [0.15, 0.2) is 17.4 Å². The molecule has 4 nitrogen and oxygen atoms in total. The summed E-state index contributed by atoms with van der Waals surface area (Å²) in [5, 5.41) is 0. The number of rotatable bonds is 2. The highest BCUT2D eigenvalue weighted by Crippen LogP contribution is 2.38. The summed E-state index contributed by atoms with van der Waals surface area (Å²) in [4.78, 5) is 25.7. The van der Waals surface area contributed by atoms with E-state index in [0.717, 1.165) is 12.1 Å². The smallest absolute Gasteiger partial charge is 0.411 e. The minimum atomic E-state index is -0.974. The molecule has 2 atom stereocenters. The second-order valence-electron chi connectivity index (χ2n) is 6.78. The van der Waals surface area contributed by atoms with Crippen molar-refractivity contribution in [2.75, 3.05) is 0 Å². The molecule has 1 amide bonds. The molecule has 6 heteroatoms. The maximum Gasteiger partial charge on any atom is 0.411 e. The number of likely N-dealkylation sites (tertiary alicyclic amines) is 1. The minimum absolute atomic E-state index is 0.152. The van der Waals surface area contributed by atoms with Crippen LogP contribution in [0.1, 0.15) is 52.1 Å². The fraction of sp³-hybridized carbons (Fsp3) is 0.529. The Morgan fingerprint density at radius 1 is 1.17 bits per heavy atom. The van der Waals surface area contributed by atoms with E-state index >= 15 is 0 Å². The van der Waals surface area contributed by atoms with Crippen molar-refractivity contribution < 1.29 is 23.1 Å². The second kappa shape index (κ2) is 6.26. The van der Waals surface area contributed by atoms with Crippen LogP contribution in [0.25, 0.3) is 0 Å². The molecule has 0 radical (unpaired) electrons. The maximum atomic E-state index is 13.5. The van der Waals surface area contributed by atoms with E-state index < -0.39 is 35.4 Å². The lowest BCUT2D eigenvalue weighted by Crippen LogP contribution is -2.43. The number of hydrogen-bond acceptors (Lipinski definition) is 3. The number of nitrogens with zero attached hydrogens (tertiary/aromatic N) is 1. The topological polar surface area (TPSA) is 46.6 Å². The fourth-order valence-electron chi connectivity index (χ4n) is 2.83. The molecule has 1 saturated heterocycles. The van der Waals surface area contributed by atoms with E-state index in [1.165, 1.54) is 17.9 Å². The predicted molar refractivity (Wildman–Crippen MR) is 80.9 cm³/mol. The normalized spacial score (nSPS) is 21.4. The van der Waals surface area contributed by atoms with Gasteiger partial charge in [-0.1, -0.05) is 6.07 Å². The number of ketones is 1. The number of ether oxygens (including phenoxy) is 1. The van der Waals surface area contributed by atoms with Crippen molar-refractivity contribution in [2.24, 2.45) is 0 Å². The van der Waals surface area contributed by atoms with Gasteiger partial charge in [-0.15, -0.1) is 0 Å². The molecule has 1 aromatic carbocycles. The van der Waals surface area contributed by atoms with E-state index in [-0.39, 0.29) is 5.78 Å². The molecule has 1 aromatic rings. The third-order valence-electron chi connectivity index (χ3n) is 3.79. The summed E-state index contributed by atoms with van der Waals surface area (Å²) in [6, 6.07) is 2.42. The van der Waals surface area contributed by atoms with Gasteiger partial charge in [0.1, 0.15) is 5.60 Å². The van der Waals surface area contributed by atoms with Crippen molar-refractivity contribution in [3.8, 4) is 0 Å². The van der Waals surface area contributed by atoms with Crippen LogP contribution in [-0.2, 0) is 9.53 Å². The monoisotopic (exact) mass is 325 g/mol. The number of halogens is 2. The van der Waals surface area contributed by atoms with Crippen LogP contribution in [0.15, 0.2) is 18.2 Å². The summed E-state index contributed by atoms with van der Waals surface area (Å²) in [6.45, 7) is 6.61. The Morgan fingerprint density at radius 3 is 2.35 bits per heavy atom. The quantitative estimate of drug-likeness (QED) is 0.826. The summed E-state index contributed by atoms with van der Waals surface area (Å²) in [7, 11) is 0. The standard InChI is InChI=1S/C17H21F2NO3/c1-10(21)14-7-8-15(11-5-6-12(18)13(19)9-11)20(14)16(22)23-17(2,3)4/h5-6,9,14-15H,7-8H2,1-4H3/t14-,15+/m1/s1. The van der Waals surface area contributed by atoms with Crippen LogP contribution >= 0.6 is 0 Å². The first-order valence-electron chi connectivity index (χ1n) is 7.57. The fourth-order valence-corrected chi connectivity index (χ4v) is 2.83. The van der Waals surface area contributed by atoms with Crippen molar-refractivity contribution in [2.45, 2.75) is 58.2 Å². The third-order valence-corrected chi connectivity index (χ3v) is 3.79. The number of hydrogen-bond donors (Lipinski definition) is 0. The number of Topliss-reactive ketones (excluding diaryl/α,β-unsaturated/α-hetero) is 1. The molecule has 0 spiro atoms. The Labute approximate surface area is 134 Å². The van der Waals surface area contributed by atoms with Crippen molar-refractivity contribution in [1.29, 1.82) is 0 Å². The molecule has 1 aliphatic heterocycles. The number of amides is 1. The molecule has 1 aliphatic rings. The first-order valence-corrected chi connectivity index (χ1v) is 7.57. The Kier molecular flexibility index (Phi) is 4.73. The molecule has 2 rings (SSSR count). The summed E-state index contributed by atoms with van der Waals surface area (Å²) in [5.74, 6) is -2.07. The van der Waals surface area contributed by atoms with E-state index in [1.54, 1.807) is 20.8 Å². The van der Waals surface area contributed by atoms with E-state index in [1.807, 2.05) is 0 Å². The zero-order valence-electron chi connectivity index (χ0n) is 13.7. The SMILES string of the molecule is CC(=O)[C@H]1CC[C@@H](c2ccc(F)c(F)c2)N1C(=O)OC(C)(C)C. The van der Waals surface area contributed by atoms with E-state index in [9.17, 15) is 18.4 Å². The zero-order chi connectivity index (χ0) is 17.4. The largest absolute Gasteiger partial charge is 0.444 e. The summed E-state index contributed by atoms with van der Waals surface area (Å²) in [5.41, 5.74) is -0.252. The molecule has 0 saturated carbocycles. The molecule has 23 heavy (non-hydrogen) atoms. The number of carbonyl (C=O) groups is 2. The van der Waals surface area contributed by atoms with Crippen molar-refractivity contribution in [3.05, 3.63) is 35.4 Å². The van der Waals surface area contributed by atoms with Crippen LogP contribution in [0.4, 0.5) is 13.6 Å². The van der Waals surface area contributed by atoms with Gasteiger partial charge >= 0.3 is 6.09 Å². The van der Waals surface area contributed by atoms with Gasteiger partial charge in [-0.05, 0) is 58.2 Å². The average Bonchev–Trinajstić information content (AvgIpc) is 2.85. The van der Waals surface area contributed by atoms with Gasteiger partial charge in [0, 0.05) is 0 Å². The lowest BCUT2D eigenvalue weighted by atomic mass is 10.0. The van der Waals surface area contributed by atoms with Crippen LogP contribution in [0, 0.1) is 11.6 Å². The van der Waals surface area contributed by atoms with Gasteiger partial charge in [0.2, 0.25) is 0 Å². The first-order chi connectivity index (χ1) is 10.6. The minimum Gasteiger partial charge on any atom is -0.444 e. The van der Waals surface area contributed by atoms with Gasteiger partial charge < -0.3 is 4.74 Å². The maximum absolute atomic E-state index is 13.5. The number of benzene rings is 1. The van der Waals surface area contributed by atoms with E-state index in [0.29, 0.717) is 18.4 Å². The van der Waals surface area contributed by atoms with Crippen LogP contribution in [0.3, 0.4) is 0 Å². The lowest BCUT2D eigenvalue weighted by molar-refractivity contribution is -0.121. The average molecular weight is 325 g/mol. The Morgan fingerprint density at radius 2 is 1.83 bits per heavy atom. The van der Waals surface area contributed by atoms with Gasteiger partial charge in [-0.2, -0.15) is 0 Å². The number of carbonyl (C=O) groups excluding carboxylic acids is 2. The molecule has 0 aromatic heterocycles. The molecule has 0 aliphatic carbocycles. The van der Waals surface area contributed by atoms with Gasteiger partial charge in [-0.3, -0.25) is 9.69 Å². The highest BCUT2D eigenvalue weighted by molar-refractivity contribution is 5.86. The Bertz CT molecular complexity index is 625. The molecule has 0 unspecified atom stereocenters.